The number of aromatic nitrogens is 4. The molecule has 0 spiro atoms. The number of tetrazole rings is 1. The van der Waals surface area contributed by atoms with Crippen molar-refractivity contribution < 1.29 is 0 Å². The molecule has 0 aromatic carbocycles. The monoisotopic (exact) mass is 280 g/mol. The van der Waals surface area contributed by atoms with Crippen LogP contribution < -0.4 is 0 Å². The SMILES string of the molecule is CCCC(c1nnnn1C(C)(C)C)N1CCN(C)CC1. The van der Waals surface area contributed by atoms with E-state index in [0.717, 1.165) is 44.8 Å². The van der Waals surface area contributed by atoms with Gasteiger partial charge in [0.25, 0.3) is 0 Å². The minimum absolute atomic E-state index is 0.0720. The number of likely N-dealkylation sites (N-methyl/N-ethyl adjacent to an activating group) is 1. The molecule has 1 atom stereocenters. The summed E-state index contributed by atoms with van der Waals surface area (Å²) >= 11 is 0. The lowest BCUT2D eigenvalue weighted by molar-refractivity contribution is 0.0963. The van der Waals surface area contributed by atoms with E-state index < -0.39 is 0 Å². The second-order valence-electron chi connectivity index (χ2n) is 6.76. The fourth-order valence-electron chi connectivity index (χ4n) is 2.76. The zero-order valence-electron chi connectivity index (χ0n) is 13.5. The van der Waals surface area contributed by atoms with Gasteiger partial charge in [0.05, 0.1) is 11.6 Å². The molecule has 0 bridgehead atoms. The van der Waals surface area contributed by atoms with Gasteiger partial charge in [0, 0.05) is 26.2 Å². The number of nitrogens with zero attached hydrogens (tertiary/aromatic N) is 6. The quantitative estimate of drug-likeness (QED) is 0.837. The first kappa shape index (κ1) is 15.4. The van der Waals surface area contributed by atoms with E-state index in [4.69, 9.17) is 0 Å². The highest BCUT2D eigenvalue weighted by Crippen LogP contribution is 2.27. The summed E-state index contributed by atoms with van der Waals surface area (Å²) in [6.07, 6.45) is 2.26. The van der Waals surface area contributed by atoms with Crippen LogP contribution in [0.3, 0.4) is 0 Å². The summed E-state index contributed by atoms with van der Waals surface area (Å²) in [5.74, 6) is 1.02. The molecule has 1 aromatic rings. The molecule has 0 radical (unpaired) electrons. The lowest BCUT2D eigenvalue weighted by atomic mass is 10.1. The van der Waals surface area contributed by atoms with Gasteiger partial charge in [0.2, 0.25) is 0 Å². The van der Waals surface area contributed by atoms with Crippen molar-refractivity contribution in [1.29, 1.82) is 0 Å². The molecule has 0 aliphatic carbocycles. The second kappa shape index (κ2) is 6.18. The average molecular weight is 280 g/mol. The van der Waals surface area contributed by atoms with Gasteiger partial charge in [-0.05, 0) is 44.7 Å². The largest absolute Gasteiger partial charge is 0.304 e. The number of hydrogen-bond acceptors (Lipinski definition) is 5. The van der Waals surface area contributed by atoms with Crippen molar-refractivity contribution in [2.75, 3.05) is 33.2 Å². The third-order valence-corrected chi connectivity index (χ3v) is 3.97. The van der Waals surface area contributed by atoms with Crippen molar-refractivity contribution in [1.82, 2.24) is 30.0 Å². The maximum Gasteiger partial charge on any atom is 0.168 e. The Morgan fingerprint density at radius 1 is 1.15 bits per heavy atom. The van der Waals surface area contributed by atoms with Crippen LogP contribution >= 0.6 is 0 Å². The van der Waals surface area contributed by atoms with Gasteiger partial charge in [-0.2, -0.15) is 0 Å². The smallest absolute Gasteiger partial charge is 0.168 e. The highest BCUT2D eigenvalue weighted by atomic mass is 15.6. The number of rotatable bonds is 4. The van der Waals surface area contributed by atoms with Crippen LogP contribution in [0.15, 0.2) is 0 Å². The summed E-state index contributed by atoms with van der Waals surface area (Å²) in [5, 5.41) is 12.5. The van der Waals surface area contributed by atoms with Crippen LogP contribution in [0.1, 0.15) is 52.4 Å². The molecular weight excluding hydrogens is 252 g/mol. The zero-order valence-corrected chi connectivity index (χ0v) is 13.5. The van der Waals surface area contributed by atoms with Crippen LogP contribution in [0.5, 0.6) is 0 Å². The summed E-state index contributed by atoms with van der Waals surface area (Å²) < 4.78 is 1.99. The van der Waals surface area contributed by atoms with Crippen molar-refractivity contribution >= 4 is 0 Å². The molecule has 1 unspecified atom stereocenters. The Morgan fingerprint density at radius 2 is 1.80 bits per heavy atom. The molecule has 1 aliphatic rings. The first-order valence-corrected chi connectivity index (χ1v) is 7.65. The topological polar surface area (TPSA) is 50.1 Å². The molecule has 0 saturated carbocycles. The van der Waals surface area contributed by atoms with E-state index in [0.29, 0.717) is 6.04 Å². The molecular formula is C14H28N6. The van der Waals surface area contributed by atoms with Crippen molar-refractivity contribution in [3.05, 3.63) is 5.82 Å². The molecule has 1 aliphatic heterocycles. The normalized spacial score (nSPS) is 20.2. The Labute approximate surface area is 122 Å². The Balaban J connectivity index is 2.23. The van der Waals surface area contributed by atoms with E-state index in [9.17, 15) is 0 Å². The molecule has 6 heteroatoms. The van der Waals surface area contributed by atoms with Gasteiger partial charge in [-0.3, -0.25) is 4.90 Å². The second-order valence-corrected chi connectivity index (χ2v) is 6.76. The molecule has 2 heterocycles. The standard InChI is InChI=1S/C14H28N6/c1-6-7-12(19-10-8-18(5)9-11-19)13-15-16-17-20(13)14(2,3)4/h12H,6-11H2,1-5H3. The summed E-state index contributed by atoms with van der Waals surface area (Å²) in [6, 6.07) is 0.336. The first-order valence-electron chi connectivity index (χ1n) is 7.65. The molecule has 114 valence electrons. The van der Waals surface area contributed by atoms with Crippen molar-refractivity contribution in [2.24, 2.45) is 0 Å². The van der Waals surface area contributed by atoms with E-state index in [2.05, 4.69) is 60.1 Å². The van der Waals surface area contributed by atoms with E-state index >= 15 is 0 Å². The molecule has 1 saturated heterocycles. The van der Waals surface area contributed by atoms with Crippen molar-refractivity contribution in [2.45, 2.75) is 52.1 Å². The third-order valence-electron chi connectivity index (χ3n) is 3.97. The van der Waals surface area contributed by atoms with E-state index in [-0.39, 0.29) is 5.54 Å². The molecule has 0 N–H and O–H groups in total. The predicted molar refractivity (Wildman–Crippen MR) is 79.5 cm³/mol. The Hall–Kier alpha value is -1.01. The van der Waals surface area contributed by atoms with Gasteiger partial charge in [0.15, 0.2) is 5.82 Å². The highest BCUT2D eigenvalue weighted by Gasteiger charge is 2.30. The van der Waals surface area contributed by atoms with Crippen LogP contribution in [-0.2, 0) is 5.54 Å². The lowest BCUT2D eigenvalue weighted by Crippen LogP contribution is -2.47. The van der Waals surface area contributed by atoms with Crippen LogP contribution in [0.2, 0.25) is 0 Å². The van der Waals surface area contributed by atoms with Crippen LogP contribution in [0, 0.1) is 0 Å². The van der Waals surface area contributed by atoms with Gasteiger partial charge in [-0.25, -0.2) is 4.68 Å². The van der Waals surface area contributed by atoms with Crippen LogP contribution in [0.25, 0.3) is 0 Å². The van der Waals surface area contributed by atoms with Crippen molar-refractivity contribution in [3.8, 4) is 0 Å². The summed E-state index contributed by atoms with van der Waals surface area (Å²) in [5.41, 5.74) is -0.0720. The molecule has 1 aromatic heterocycles. The average Bonchev–Trinajstić information content (AvgIpc) is 2.86. The first-order chi connectivity index (χ1) is 9.43. The zero-order chi connectivity index (χ0) is 14.8. The molecule has 20 heavy (non-hydrogen) atoms. The van der Waals surface area contributed by atoms with Gasteiger partial charge < -0.3 is 4.90 Å². The molecule has 1 fully saturated rings. The molecule has 0 amide bonds. The van der Waals surface area contributed by atoms with Gasteiger partial charge in [-0.15, -0.1) is 5.10 Å². The minimum atomic E-state index is -0.0720. The van der Waals surface area contributed by atoms with Gasteiger partial charge in [0.1, 0.15) is 0 Å². The summed E-state index contributed by atoms with van der Waals surface area (Å²) in [4.78, 5) is 4.92. The number of piperazine rings is 1. The highest BCUT2D eigenvalue weighted by molar-refractivity contribution is 4.97. The lowest BCUT2D eigenvalue weighted by Gasteiger charge is -2.38. The van der Waals surface area contributed by atoms with E-state index in [1.165, 1.54) is 0 Å². The molecule has 6 nitrogen and oxygen atoms in total. The summed E-state index contributed by atoms with van der Waals surface area (Å²) in [7, 11) is 2.19. The Kier molecular flexibility index (Phi) is 4.75. The maximum atomic E-state index is 4.34. The fourth-order valence-corrected chi connectivity index (χ4v) is 2.76. The predicted octanol–water partition coefficient (Wildman–Crippen LogP) is 1.52. The van der Waals surface area contributed by atoms with Crippen LogP contribution in [-0.4, -0.2) is 63.2 Å². The number of hydrogen-bond donors (Lipinski definition) is 0. The Morgan fingerprint density at radius 3 is 2.35 bits per heavy atom. The third kappa shape index (κ3) is 3.35. The maximum absolute atomic E-state index is 4.34. The minimum Gasteiger partial charge on any atom is -0.304 e. The van der Waals surface area contributed by atoms with E-state index in [1.807, 2.05) is 4.68 Å². The van der Waals surface area contributed by atoms with Crippen LogP contribution in [0.4, 0.5) is 0 Å². The summed E-state index contributed by atoms with van der Waals surface area (Å²) in [6.45, 7) is 13.1. The van der Waals surface area contributed by atoms with E-state index in [1.54, 1.807) is 0 Å². The fraction of sp³-hybridized carbons (Fsp3) is 0.929. The van der Waals surface area contributed by atoms with Gasteiger partial charge >= 0.3 is 0 Å². The Bertz CT molecular complexity index is 414. The van der Waals surface area contributed by atoms with Crippen molar-refractivity contribution in [3.63, 3.8) is 0 Å². The molecule has 2 rings (SSSR count). The van der Waals surface area contributed by atoms with Gasteiger partial charge in [-0.1, -0.05) is 13.3 Å².